The molecule has 1 saturated carbocycles. The number of halogens is 1. The van der Waals surface area contributed by atoms with Crippen molar-refractivity contribution in [2.75, 3.05) is 12.8 Å². The molecule has 0 spiro atoms. The average Bonchev–Trinajstić information content (AvgIpc) is 3.49. The second kappa shape index (κ2) is 8.14. The highest BCUT2D eigenvalue weighted by molar-refractivity contribution is 7.99. The van der Waals surface area contributed by atoms with E-state index in [1.165, 1.54) is 17.8 Å². The summed E-state index contributed by atoms with van der Waals surface area (Å²) >= 11 is 1.34. The van der Waals surface area contributed by atoms with Gasteiger partial charge in [-0.1, -0.05) is 54.2 Å². The van der Waals surface area contributed by atoms with Crippen molar-refractivity contribution in [3.63, 3.8) is 0 Å². The van der Waals surface area contributed by atoms with E-state index in [1.807, 2.05) is 46.8 Å². The molecule has 7 heteroatoms. The maximum absolute atomic E-state index is 14.4. The summed E-state index contributed by atoms with van der Waals surface area (Å²) in [7, 11) is 1.85. The third kappa shape index (κ3) is 4.09. The molecule has 144 valence electrons. The lowest BCUT2D eigenvalue weighted by Gasteiger charge is -2.16. The van der Waals surface area contributed by atoms with Gasteiger partial charge >= 0.3 is 0 Å². The van der Waals surface area contributed by atoms with E-state index in [2.05, 4.69) is 10.2 Å². The van der Waals surface area contributed by atoms with Crippen LogP contribution in [0.5, 0.6) is 0 Å². The number of carbonyl (C=O) groups is 1. The van der Waals surface area contributed by atoms with E-state index in [9.17, 15) is 9.18 Å². The summed E-state index contributed by atoms with van der Waals surface area (Å²) in [6, 6.07) is 16.8. The molecule has 1 amide bonds. The van der Waals surface area contributed by atoms with E-state index in [0.717, 1.165) is 18.4 Å². The lowest BCUT2D eigenvalue weighted by atomic mass is 10.2. The Labute approximate surface area is 167 Å². The number of benzene rings is 2. The topological polar surface area (TPSA) is 51.0 Å². The fraction of sp³-hybridized carbons (Fsp3) is 0.286. The van der Waals surface area contributed by atoms with Gasteiger partial charge in [-0.2, -0.15) is 0 Å². The molecule has 0 aliphatic heterocycles. The van der Waals surface area contributed by atoms with Crippen molar-refractivity contribution < 1.29 is 9.18 Å². The molecule has 1 aliphatic rings. The van der Waals surface area contributed by atoms with Gasteiger partial charge in [0.2, 0.25) is 5.91 Å². The van der Waals surface area contributed by atoms with Crippen molar-refractivity contribution in [3.8, 4) is 11.4 Å². The van der Waals surface area contributed by atoms with Crippen LogP contribution in [0.1, 0.15) is 18.4 Å². The Morgan fingerprint density at radius 2 is 1.86 bits per heavy atom. The van der Waals surface area contributed by atoms with Gasteiger partial charge in [0.1, 0.15) is 5.82 Å². The van der Waals surface area contributed by atoms with Crippen LogP contribution >= 0.6 is 11.8 Å². The highest BCUT2D eigenvalue weighted by atomic mass is 32.2. The number of hydrogen-bond donors (Lipinski definition) is 0. The zero-order valence-corrected chi connectivity index (χ0v) is 16.4. The maximum atomic E-state index is 14.4. The Balaban J connectivity index is 1.62. The molecule has 0 N–H and O–H groups in total. The second-order valence-corrected chi connectivity index (χ2v) is 7.82. The lowest BCUT2D eigenvalue weighted by Crippen LogP contribution is -2.30. The summed E-state index contributed by atoms with van der Waals surface area (Å²) in [5.74, 6) is 0.490. The Morgan fingerprint density at radius 3 is 2.57 bits per heavy atom. The summed E-state index contributed by atoms with van der Waals surface area (Å²) in [5, 5.41) is 9.11. The van der Waals surface area contributed by atoms with Crippen molar-refractivity contribution >= 4 is 17.7 Å². The van der Waals surface area contributed by atoms with Crippen molar-refractivity contribution in [2.45, 2.75) is 30.6 Å². The molecule has 2 aromatic carbocycles. The number of hydrogen-bond acceptors (Lipinski definition) is 4. The van der Waals surface area contributed by atoms with Gasteiger partial charge in [0.05, 0.1) is 17.9 Å². The first-order valence-corrected chi connectivity index (χ1v) is 10.2. The van der Waals surface area contributed by atoms with Gasteiger partial charge in [0.25, 0.3) is 0 Å². The van der Waals surface area contributed by atoms with Gasteiger partial charge in [0.15, 0.2) is 11.0 Å². The Morgan fingerprint density at radius 1 is 1.14 bits per heavy atom. The Kier molecular flexibility index (Phi) is 5.43. The number of carbonyl (C=O) groups excluding carboxylic acids is 1. The summed E-state index contributed by atoms with van der Waals surface area (Å²) in [6.45, 7) is 0.506. The van der Waals surface area contributed by atoms with Crippen molar-refractivity contribution in [2.24, 2.45) is 0 Å². The van der Waals surface area contributed by atoms with E-state index in [4.69, 9.17) is 0 Å². The molecular formula is C21H21FN4OS. The summed E-state index contributed by atoms with van der Waals surface area (Å²) < 4.78 is 16.2. The van der Waals surface area contributed by atoms with Crippen molar-refractivity contribution in [3.05, 3.63) is 66.0 Å². The SMILES string of the molecule is CN(C(=O)CSc1nnc(-c2ccccc2F)n1Cc1ccccc1)C1CC1. The van der Waals surface area contributed by atoms with Gasteiger partial charge in [-0.3, -0.25) is 9.36 Å². The number of thioether (sulfide) groups is 1. The molecule has 0 saturated heterocycles. The number of rotatable bonds is 7. The standard InChI is InChI=1S/C21H21FN4OS/c1-25(16-11-12-16)19(27)14-28-21-24-23-20(17-9-5-6-10-18(17)22)26(21)13-15-7-3-2-4-8-15/h2-10,16H,11-14H2,1H3. The van der Waals surface area contributed by atoms with Crippen molar-refractivity contribution in [1.82, 2.24) is 19.7 Å². The molecule has 28 heavy (non-hydrogen) atoms. The number of amides is 1. The van der Waals surface area contributed by atoms with E-state index in [1.54, 1.807) is 18.2 Å². The first-order valence-electron chi connectivity index (χ1n) is 9.24. The van der Waals surface area contributed by atoms with E-state index >= 15 is 0 Å². The molecule has 5 nitrogen and oxygen atoms in total. The van der Waals surface area contributed by atoms with Crippen LogP contribution in [0.25, 0.3) is 11.4 Å². The van der Waals surface area contributed by atoms with Crippen LogP contribution in [0.4, 0.5) is 4.39 Å². The molecular weight excluding hydrogens is 375 g/mol. The highest BCUT2D eigenvalue weighted by Crippen LogP contribution is 2.29. The van der Waals surface area contributed by atoms with Crippen LogP contribution in [-0.2, 0) is 11.3 Å². The summed E-state index contributed by atoms with van der Waals surface area (Å²) in [5.41, 5.74) is 1.46. The van der Waals surface area contributed by atoms with Crippen LogP contribution in [0, 0.1) is 5.82 Å². The van der Waals surface area contributed by atoms with Crippen LogP contribution in [0.15, 0.2) is 59.8 Å². The predicted molar refractivity (Wildman–Crippen MR) is 107 cm³/mol. The minimum absolute atomic E-state index is 0.0780. The minimum atomic E-state index is -0.342. The molecule has 1 fully saturated rings. The van der Waals surface area contributed by atoms with Gasteiger partial charge in [-0.15, -0.1) is 10.2 Å². The van der Waals surface area contributed by atoms with Gasteiger partial charge in [-0.25, -0.2) is 4.39 Å². The van der Waals surface area contributed by atoms with E-state index in [0.29, 0.717) is 29.1 Å². The largest absolute Gasteiger partial charge is 0.342 e. The molecule has 1 heterocycles. The molecule has 0 bridgehead atoms. The second-order valence-electron chi connectivity index (χ2n) is 6.88. The first kappa shape index (κ1) is 18.7. The molecule has 0 radical (unpaired) electrons. The third-order valence-corrected chi connectivity index (χ3v) is 5.78. The number of nitrogens with zero attached hydrogens (tertiary/aromatic N) is 4. The van der Waals surface area contributed by atoms with Crippen LogP contribution in [0.2, 0.25) is 0 Å². The fourth-order valence-corrected chi connectivity index (χ4v) is 3.90. The van der Waals surface area contributed by atoms with Crippen LogP contribution in [0.3, 0.4) is 0 Å². The smallest absolute Gasteiger partial charge is 0.233 e. The van der Waals surface area contributed by atoms with Crippen molar-refractivity contribution in [1.29, 1.82) is 0 Å². The fourth-order valence-electron chi connectivity index (χ4n) is 3.04. The zero-order valence-electron chi connectivity index (χ0n) is 15.6. The monoisotopic (exact) mass is 396 g/mol. The predicted octanol–water partition coefficient (Wildman–Crippen LogP) is 3.85. The lowest BCUT2D eigenvalue weighted by molar-refractivity contribution is -0.127. The first-order chi connectivity index (χ1) is 13.6. The molecule has 1 aromatic heterocycles. The minimum Gasteiger partial charge on any atom is -0.342 e. The molecule has 4 rings (SSSR count). The average molecular weight is 396 g/mol. The van der Waals surface area contributed by atoms with E-state index in [-0.39, 0.29) is 17.5 Å². The van der Waals surface area contributed by atoms with Gasteiger partial charge < -0.3 is 4.90 Å². The maximum Gasteiger partial charge on any atom is 0.233 e. The summed E-state index contributed by atoms with van der Waals surface area (Å²) in [6.07, 6.45) is 2.16. The van der Waals surface area contributed by atoms with E-state index < -0.39 is 0 Å². The van der Waals surface area contributed by atoms with Crippen LogP contribution in [-0.4, -0.2) is 44.4 Å². The van der Waals surface area contributed by atoms with Gasteiger partial charge in [0, 0.05) is 13.1 Å². The van der Waals surface area contributed by atoms with Crippen LogP contribution < -0.4 is 0 Å². The molecule has 0 unspecified atom stereocenters. The summed E-state index contributed by atoms with van der Waals surface area (Å²) in [4.78, 5) is 14.2. The molecule has 0 atom stereocenters. The quantitative estimate of drug-likeness (QED) is 0.570. The third-order valence-electron chi connectivity index (χ3n) is 4.83. The molecule has 3 aromatic rings. The normalized spacial score (nSPS) is 13.5. The number of aromatic nitrogens is 3. The van der Waals surface area contributed by atoms with Gasteiger partial charge in [-0.05, 0) is 30.5 Å². The molecule has 1 aliphatic carbocycles. The Bertz CT molecular complexity index is 972. The Hall–Kier alpha value is -2.67. The zero-order chi connectivity index (χ0) is 19.5. The highest BCUT2D eigenvalue weighted by Gasteiger charge is 2.29.